The van der Waals surface area contributed by atoms with Crippen LogP contribution in [0.4, 0.5) is 0 Å². The number of ketones is 3. The van der Waals surface area contributed by atoms with E-state index in [1.165, 1.54) is 0 Å². The summed E-state index contributed by atoms with van der Waals surface area (Å²) in [5, 5.41) is 40.4. The summed E-state index contributed by atoms with van der Waals surface area (Å²) < 4.78 is 0. The van der Waals surface area contributed by atoms with Crippen LogP contribution in [0.25, 0.3) is 33.8 Å². The Balaban J connectivity index is 0.000000136. The first kappa shape index (κ1) is 54.8. The first-order chi connectivity index (χ1) is 39.8. The number of benzene rings is 9. The van der Waals surface area contributed by atoms with E-state index in [0.717, 1.165) is 83.9 Å². The molecule has 402 valence electrons. The molecule has 0 unspecified atom stereocenters. The average Bonchev–Trinajstić information content (AvgIpc) is 4.39. The molecule has 0 saturated heterocycles. The molecule has 0 fully saturated rings. The Labute approximate surface area is 473 Å². The van der Waals surface area contributed by atoms with E-state index >= 15 is 0 Å². The van der Waals surface area contributed by atoms with E-state index in [1.807, 2.05) is 255 Å². The van der Waals surface area contributed by atoms with E-state index in [9.17, 15) is 29.7 Å². The zero-order valence-corrected chi connectivity index (χ0v) is 44.8. The van der Waals surface area contributed by atoms with E-state index < -0.39 is 0 Å². The highest BCUT2D eigenvalue weighted by Gasteiger charge is 2.32. The molecule has 0 bridgehead atoms. The summed E-state index contributed by atoms with van der Waals surface area (Å²) in [5.74, 6) is 0.312. The summed E-state index contributed by atoms with van der Waals surface area (Å²) in [6.45, 7) is -0.198. The predicted molar refractivity (Wildman–Crippen MR) is 323 cm³/mol. The van der Waals surface area contributed by atoms with Crippen LogP contribution in [0.15, 0.2) is 255 Å². The molecule has 3 atom stereocenters. The Bertz CT molecular complexity index is 3320. The van der Waals surface area contributed by atoms with Crippen LogP contribution in [0.5, 0.6) is 0 Å². The van der Waals surface area contributed by atoms with Crippen molar-refractivity contribution < 1.29 is 29.7 Å². The minimum atomic E-state index is -0.297. The molecule has 0 heterocycles. The zero-order chi connectivity index (χ0) is 55.9. The van der Waals surface area contributed by atoms with Gasteiger partial charge in [-0.2, -0.15) is 0 Å². The molecule has 12 rings (SSSR count). The van der Waals surface area contributed by atoms with Gasteiger partial charge >= 0.3 is 0 Å². The van der Waals surface area contributed by atoms with Gasteiger partial charge in [0, 0.05) is 36.0 Å². The second-order valence-electron chi connectivity index (χ2n) is 20.0. The highest BCUT2D eigenvalue weighted by atomic mass is 16.3. The van der Waals surface area contributed by atoms with Gasteiger partial charge in [-0.3, -0.25) is 14.4 Å². The normalized spacial score (nSPS) is 16.0. The lowest BCUT2D eigenvalue weighted by molar-refractivity contribution is -0.113. The molecule has 0 spiro atoms. The van der Waals surface area contributed by atoms with Gasteiger partial charge in [0.2, 0.25) is 0 Å². The van der Waals surface area contributed by atoms with Gasteiger partial charge in [-0.15, -0.1) is 0 Å². The van der Waals surface area contributed by atoms with Crippen LogP contribution in [0.2, 0.25) is 0 Å². The number of carbonyl (C=O) groups excluding carboxylic acids is 3. The number of fused-ring (bicyclic) bond motifs is 3. The molecule has 0 aliphatic heterocycles. The van der Waals surface area contributed by atoms with Crippen molar-refractivity contribution in [3.8, 4) is 0 Å². The molecule has 9 aromatic rings. The third-order valence-electron chi connectivity index (χ3n) is 14.8. The SMILES string of the molecule is O=C1Cc2ccccc2/C1=C(/N[C@@H](CO)c1ccccc1)c1ccccc1.O=C1Cc2ccccc2/C1=C(/N[C@@H](CO)c1ccccc1)c1ccccc1.O=C1Cc2ccccc2/C1=C(/N[C@@H](CO)c1ccccc1)c1ccccc1. The van der Waals surface area contributed by atoms with Crippen LogP contribution < -0.4 is 16.0 Å². The van der Waals surface area contributed by atoms with Gasteiger partial charge in [-0.1, -0.05) is 255 Å². The Morgan fingerprint density at radius 1 is 0.296 bits per heavy atom. The number of allylic oxidation sites excluding steroid dienone is 3. The summed E-state index contributed by atoms with van der Waals surface area (Å²) in [7, 11) is 0. The zero-order valence-electron chi connectivity index (χ0n) is 44.8. The lowest BCUT2D eigenvalue weighted by Crippen LogP contribution is -2.24. The van der Waals surface area contributed by atoms with Crippen LogP contribution in [-0.2, 0) is 33.6 Å². The Kier molecular flexibility index (Phi) is 17.9. The van der Waals surface area contributed by atoms with Gasteiger partial charge in [0.1, 0.15) is 0 Å². The number of hydrogen-bond donors (Lipinski definition) is 6. The summed E-state index contributed by atoms with van der Waals surface area (Å²) >= 11 is 0. The second kappa shape index (κ2) is 26.4. The van der Waals surface area contributed by atoms with Crippen molar-refractivity contribution in [2.75, 3.05) is 19.8 Å². The van der Waals surface area contributed by atoms with Crippen LogP contribution >= 0.6 is 0 Å². The quantitative estimate of drug-likeness (QED) is 0.0552. The highest BCUT2D eigenvalue weighted by molar-refractivity contribution is 6.33. The van der Waals surface area contributed by atoms with Crippen molar-refractivity contribution in [1.82, 2.24) is 16.0 Å². The van der Waals surface area contributed by atoms with Gasteiger partial charge in [0.25, 0.3) is 0 Å². The topological polar surface area (TPSA) is 148 Å². The first-order valence-electron chi connectivity index (χ1n) is 27.3. The number of aliphatic hydroxyl groups is 3. The van der Waals surface area contributed by atoms with E-state index in [0.29, 0.717) is 36.0 Å². The molecular weight excluding hydrogens is 1000 g/mol. The average molecular weight is 1070 g/mol. The molecule has 0 aromatic heterocycles. The van der Waals surface area contributed by atoms with Crippen LogP contribution in [0.1, 0.15) is 84.9 Å². The molecule has 0 saturated carbocycles. The maximum atomic E-state index is 12.9. The van der Waals surface area contributed by atoms with Gasteiger partial charge in [-0.05, 0) is 66.8 Å². The predicted octanol–water partition coefficient (Wildman–Crippen LogP) is 12.0. The van der Waals surface area contributed by atoms with Crippen molar-refractivity contribution in [2.45, 2.75) is 37.4 Å². The molecule has 3 aliphatic carbocycles. The number of Topliss-reactive ketones (excluding diaryl/α,β-unsaturated/α-hetero) is 3. The van der Waals surface area contributed by atoms with E-state index in [2.05, 4.69) is 16.0 Å². The molecule has 81 heavy (non-hydrogen) atoms. The van der Waals surface area contributed by atoms with Gasteiger partial charge in [-0.25, -0.2) is 0 Å². The fraction of sp³-hybridized carbons (Fsp3) is 0.125. The number of nitrogens with one attached hydrogen (secondary N) is 3. The van der Waals surface area contributed by atoms with Crippen LogP contribution in [-0.4, -0.2) is 52.5 Å². The molecular formula is C72H63N3O6. The molecule has 9 heteroatoms. The van der Waals surface area contributed by atoms with Gasteiger partial charge in [0.15, 0.2) is 17.3 Å². The minimum Gasteiger partial charge on any atom is -0.394 e. The fourth-order valence-electron chi connectivity index (χ4n) is 10.8. The summed E-state index contributed by atoms with van der Waals surface area (Å²) in [6, 6.07) is 81.8. The number of rotatable bonds is 15. The van der Waals surface area contributed by atoms with E-state index in [-0.39, 0.29) is 55.3 Å². The maximum Gasteiger partial charge on any atom is 0.169 e. The summed E-state index contributed by atoms with van der Waals surface area (Å²) in [5.41, 5.74) is 16.2. The molecule has 3 aliphatic rings. The number of carbonyl (C=O) groups is 3. The number of hydrogen-bond acceptors (Lipinski definition) is 9. The largest absolute Gasteiger partial charge is 0.394 e. The van der Waals surface area contributed by atoms with E-state index in [1.54, 1.807) is 0 Å². The molecule has 6 N–H and O–H groups in total. The van der Waals surface area contributed by atoms with Gasteiger partial charge in [0.05, 0.1) is 55.0 Å². The molecule has 9 aromatic carbocycles. The van der Waals surface area contributed by atoms with Crippen LogP contribution in [0.3, 0.4) is 0 Å². The Morgan fingerprint density at radius 3 is 0.741 bits per heavy atom. The van der Waals surface area contributed by atoms with Crippen molar-refractivity contribution in [1.29, 1.82) is 0 Å². The second-order valence-corrected chi connectivity index (χ2v) is 20.0. The standard InChI is InChI=1S/3C24H21NO2/c3*26-16-21(17-9-3-1-4-10-17)25-24(18-11-5-2-6-12-18)23-20-14-8-7-13-19(20)15-22(23)27/h3*1-14,21,25-26H,15-16H2/b3*24-23-/t3*21-/m000/s1. The number of aliphatic hydroxyl groups excluding tert-OH is 3. The lowest BCUT2D eigenvalue weighted by atomic mass is 9.98. The third-order valence-corrected chi connectivity index (χ3v) is 14.8. The smallest absolute Gasteiger partial charge is 0.169 e. The minimum absolute atomic E-state index is 0.0660. The molecule has 9 nitrogen and oxygen atoms in total. The Morgan fingerprint density at radius 2 is 0.506 bits per heavy atom. The van der Waals surface area contributed by atoms with Crippen LogP contribution in [0, 0.1) is 0 Å². The lowest BCUT2D eigenvalue weighted by Gasteiger charge is -2.22. The fourth-order valence-corrected chi connectivity index (χ4v) is 10.8. The van der Waals surface area contributed by atoms with Crippen molar-refractivity contribution in [3.63, 3.8) is 0 Å². The first-order valence-corrected chi connectivity index (χ1v) is 27.3. The third kappa shape index (κ3) is 12.7. The highest BCUT2D eigenvalue weighted by Crippen LogP contribution is 2.39. The Hall–Kier alpha value is -9.51. The summed E-state index contributed by atoms with van der Waals surface area (Å²) in [6.07, 6.45) is 1.25. The monoisotopic (exact) mass is 1070 g/mol. The van der Waals surface area contributed by atoms with Crippen molar-refractivity contribution in [2.24, 2.45) is 0 Å². The van der Waals surface area contributed by atoms with E-state index in [4.69, 9.17) is 0 Å². The van der Waals surface area contributed by atoms with Crippen molar-refractivity contribution in [3.05, 3.63) is 322 Å². The van der Waals surface area contributed by atoms with Crippen molar-refractivity contribution >= 4 is 51.2 Å². The molecule has 0 amide bonds. The summed E-state index contributed by atoms with van der Waals surface area (Å²) in [4.78, 5) is 38.7. The molecule has 0 radical (unpaired) electrons. The van der Waals surface area contributed by atoms with Gasteiger partial charge < -0.3 is 31.3 Å². The maximum absolute atomic E-state index is 12.9.